The molecule has 7 heteroatoms. The van der Waals surface area contributed by atoms with Crippen molar-refractivity contribution < 1.29 is 24.2 Å². The Kier molecular flexibility index (Phi) is 7.23. The Balaban J connectivity index is 1.62. The van der Waals surface area contributed by atoms with Gasteiger partial charge >= 0.3 is 5.97 Å². The number of fused-ring (bicyclic) bond motifs is 1. The second-order valence-corrected chi connectivity index (χ2v) is 7.95. The van der Waals surface area contributed by atoms with Gasteiger partial charge in [0.05, 0.1) is 7.11 Å². The molecule has 0 saturated carbocycles. The molecule has 0 unspecified atom stereocenters. The molecule has 6 nitrogen and oxygen atoms in total. The van der Waals surface area contributed by atoms with Crippen LogP contribution < -0.4 is 10.1 Å². The predicted octanol–water partition coefficient (Wildman–Crippen LogP) is 4.62. The second kappa shape index (κ2) is 9.88. The summed E-state index contributed by atoms with van der Waals surface area (Å²) in [7, 11) is 1.54. The molecule has 1 aliphatic heterocycles. The quantitative estimate of drug-likeness (QED) is 0.459. The first kappa shape index (κ1) is 22.7. The molecule has 2 aromatic rings. The number of carbonyl (C=O) groups is 2. The molecule has 2 N–H and O–H groups in total. The van der Waals surface area contributed by atoms with Crippen LogP contribution in [-0.4, -0.2) is 24.1 Å². The van der Waals surface area contributed by atoms with Crippen molar-refractivity contribution in [3.05, 3.63) is 68.8 Å². The molecular weight excluding hydrogens is 418 g/mol. The van der Waals surface area contributed by atoms with Crippen molar-refractivity contribution in [2.45, 2.75) is 46.3 Å². The zero-order valence-corrected chi connectivity index (χ0v) is 18.6. The van der Waals surface area contributed by atoms with Crippen molar-refractivity contribution in [2.24, 2.45) is 0 Å². The van der Waals surface area contributed by atoms with E-state index in [-0.39, 0.29) is 23.8 Å². The van der Waals surface area contributed by atoms with E-state index in [1.807, 2.05) is 38.1 Å². The molecule has 31 heavy (non-hydrogen) atoms. The first-order valence-corrected chi connectivity index (χ1v) is 10.4. The number of phenolic OH excluding ortho intramolecular Hbond substituents is 1. The SMILES string of the molecule is COc1c(C)c2c(c(O)c1CC=C(C)CCC(=O)NCc1ccccc1Cl)C(=O)OC2. The molecule has 3 rings (SSSR count). The lowest BCUT2D eigenvalue weighted by molar-refractivity contribution is -0.121. The van der Waals surface area contributed by atoms with Crippen LogP contribution in [0.1, 0.15) is 52.4 Å². The van der Waals surface area contributed by atoms with Crippen LogP contribution in [0.25, 0.3) is 0 Å². The minimum absolute atomic E-state index is 0.0655. The normalized spacial score (nSPS) is 13.0. The number of ether oxygens (including phenoxy) is 2. The highest BCUT2D eigenvalue weighted by Crippen LogP contribution is 2.42. The van der Waals surface area contributed by atoms with Crippen molar-refractivity contribution in [2.75, 3.05) is 7.11 Å². The van der Waals surface area contributed by atoms with Crippen LogP contribution in [0.4, 0.5) is 0 Å². The van der Waals surface area contributed by atoms with Gasteiger partial charge in [0.2, 0.25) is 5.91 Å². The Hall–Kier alpha value is -2.99. The smallest absolute Gasteiger partial charge is 0.342 e. The van der Waals surface area contributed by atoms with Crippen molar-refractivity contribution in [3.63, 3.8) is 0 Å². The van der Waals surface area contributed by atoms with E-state index in [1.54, 1.807) is 6.07 Å². The number of carbonyl (C=O) groups excluding carboxylic acids is 2. The minimum Gasteiger partial charge on any atom is -0.507 e. The number of aromatic hydroxyl groups is 1. The van der Waals surface area contributed by atoms with Crippen molar-refractivity contribution in [1.29, 1.82) is 0 Å². The number of methoxy groups -OCH3 is 1. The lowest BCUT2D eigenvalue weighted by Crippen LogP contribution is -2.22. The van der Waals surface area contributed by atoms with Gasteiger partial charge in [-0.25, -0.2) is 4.79 Å². The van der Waals surface area contributed by atoms with Gasteiger partial charge in [0.1, 0.15) is 23.7 Å². The molecule has 1 aliphatic rings. The maximum atomic E-state index is 12.2. The number of halogens is 1. The third kappa shape index (κ3) is 5.02. The fourth-order valence-electron chi connectivity index (χ4n) is 3.64. The van der Waals surface area contributed by atoms with E-state index >= 15 is 0 Å². The molecule has 0 saturated heterocycles. The highest BCUT2D eigenvalue weighted by molar-refractivity contribution is 6.31. The zero-order chi connectivity index (χ0) is 22.5. The maximum Gasteiger partial charge on any atom is 0.342 e. The number of amides is 1. The first-order chi connectivity index (χ1) is 14.8. The van der Waals surface area contributed by atoms with Crippen LogP contribution in [0.3, 0.4) is 0 Å². The van der Waals surface area contributed by atoms with Crippen molar-refractivity contribution >= 4 is 23.5 Å². The molecule has 0 atom stereocenters. The lowest BCUT2D eigenvalue weighted by atomic mass is 9.94. The summed E-state index contributed by atoms with van der Waals surface area (Å²) in [5.74, 6) is -0.128. The average molecular weight is 444 g/mol. The predicted molar refractivity (Wildman–Crippen MR) is 119 cm³/mol. The van der Waals surface area contributed by atoms with Gasteiger partial charge < -0.3 is 19.9 Å². The molecule has 0 aliphatic carbocycles. The first-order valence-electron chi connectivity index (χ1n) is 10.1. The largest absolute Gasteiger partial charge is 0.507 e. The maximum absolute atomic E-state index is 12.2. The van der Waals surface area contributed by atoms with Gasteiger partial charge in [0.25, 0.3) is 0 Å². The van der Waals surface area contributed by atoms with E-state index in [0.29, 0.717) is 47.7 Å². The summed E-state index contributed by atoms with van der Waals surface area (Å²) in [6.07, 6.45) is 3.23. The molecule has 0 fully saturated rings. The number of esters is 1. The topological polar surface area (TPSA) is 84.9 Å². The summed E-state index contributed by atoms with van der Waals surface area (Å²) >= 11 is 6.11. The highest BCUT2D eigenvalue weighted by Gasteiger charge is 2.31. The van der Waals surface area contributed by atoms with Crippen LogP contribution in [0.2, 0.25) is 5.02 Å². The Bertz CT molecular complexity index is 1040. The van der Waals surface area contributed by atoms with E-state index < -0.39 is 5.97 Å². The minimum atomic E-state index is -0.518. The summed E-state index contributed by atoms with van der Waals surface area (Å²) < 4.78 is 10.6. The standard InChI is InChI=1S/C24H26ClNO5/c1-14(9-11-20(27)26-12-16-6-4-5-7-19(16)25)8-10-17-22(28)21-18(13-31-24(21)29)15(2)23(17)30-3/h4-8,28H,9-13H2,1-3H3,(H,26,27). The third-order valence-corrected chi connectivity index (χ3v) is 5.85. The molecule has 2 aromatic carbocycles. The van der Waals surface area contributed by atoms with E-state index in [4.69, 9.17) is 21.1 Å². The Morgan fingerprint density at radius 2 is 2.06 bits per heavy atom. The van der Waals surface area contributed by atoms with Crippen LogP contribution in [-0.2, 0) is 29.1 Å². The van der Waals surface area contributed by atoms with Gasteiger partial charge in [-0.05, 0) is 43.9 Å². The van der Waals surface area contributed by atoms with Gasteiger partial charge in [-0.1, -0.05) is 41.4 Å². The van der Waals surface area contributed by atoms with Gasteiger partial charge in [0.15, 0.2) is 0 Å². The van der Waals surface area contributed by atoms with Gasteiger partial charge in [-0.15, -0.1) is 0 Å². The monoisotopic (exact) mass is 443 g/mol. The summed E-state index contributed by atoms with van der Waals surface area (Å²) in [6.45, 7) is 4.31. The van der Waals surface area contributed by atoms with Gasteiger partial charge in [-0.3, -0.25) is 4.79 Å². The second-order valence-electron chi connectivity index (χ2n) is 7.54. The summed E-state index contributed by atoms with van der Waals surface area (Å²) in [6, 6.07) is 7.40. The van der Waals surface area contributed by atoms with E-state index in [0.717, 1.165) is 16.7 Å². The molecular formula is C24H26ClNO5. The molecule has 164 valence electrons. The third-order valence-electron chi connectivity index (χ3n) is 5.48. The number of allylic oxidation sites excluding steroid dienone is 2. The summed E-state index contributed by atoms with van der Waals surface area (Å²) in [4.78, 5) is 24.2. The Morgan fingerprint density at radius 3 is 2.77 bits per heavy atom. The average Bonchev–Trinajstić information content (AvgIpc) is 3.15. The number of hydrogen-bond donors (Lipinski definition) is 2. The molecule has 1 amide bonds. The summed E-state index contributed by atoms with van der Waals surface area (Å²) in [5.41, 5.74) is 4.09. The zero-order valence-electron chi connectivity index (χ0n) is 17.9. The Labute approximate surface area is 186 Å². The number of nitrogens with one attached hydrogen (secondary N) is 1. The van der Waals surface area contributed by atoms with Gasteiger partial charge in [-0.2, -0.15) is 0 Å². The highest BCUT2D eigenvalue weighted by atomic mass is 35.5. The Morgan fingerprint density at radius 1 is 1.32 bits per heavy atom. The van der Waals surface area contributed by atoms with E-state index in [2.05, 4.69) is 5.32 Å². The van der Waals surface area contributed by atoms with Crippen LogP contribution in [0, 0.1) is 6.92 Å². The molecule has 0 radical (unpaired) electrons. The van der Waals surface area contributed by atoms with E-state index in [9.17, 15) is 14.7 Å². The molecule has 0 aromatic heterocycles. The van der Waals surface area contributed by atoms with Crippen molar-refractivity contribution in [1.82, 2.24) is 5.32 Å². The van der Waals surface area contributed by atoms with Crippen LogP contribution in [0.5, 0.6) is 11.5 Å². The van der Waals surface area contributed by atoms with Crippen LogP contribution >= 0.6 is 11.6 Å². The molecule has 0 spiro atoms. The number of rotatable bonds is 8. The van der Waals surface area contributed by atoms with Gasteiger partial charge in [0, 0.05) is 29.1 Å². The number of benzene rings is 2. The lowest BCUT2D eigenvalue weighted by Gasteiger charge is -2.15. The molecule has 0 bridgehead atoms. The molecule has 1 heterocycles. The van der Waals surface area contributed by atoms with Crippen LogP contribution in [0.15, 0.2) is 35.9 Å². The number of phenols is 1. The van der Waals surface area contributed by atoms with Crippen molar-refractivity contribution in [3.8, 4) is 11.5 Å². The fourth-order valence-corrected chi connectivity index (χ4v) is 3.84. The fraction of sp³-hybridized carbons (Fsp3) is 0.333. The van der Waals surface area contributed by atoms with E-state index in [1.165, 1.54) is 7.11 Å². The number of cyclic esters (lactones) is 1. The summed E-state index contributed by atoms with van der Waals surface area (Å²) in [5, 5.41) is 14.2. The number of hydrogen-bond acceptors (Lipinski definition) is 5.